The summed E-state index contributed by atoms with van der Waals surface area (Å²) in [6.07, 6.45) is 1.56. The predicted octanol–water partition coefficient (Wildman–Crippen LogP) is 6.01. The zero-order chi connectivity index (χ0) is 20.9. The minimum absolute atomic E-state index is 0.113. The van der Waals surface area contributed by atoms with Crippen molar-refractivity contribution in [3.05, 3.63) is 112 Å². The summed E-state index contributed by atoms with van der Waals surface area (Å²) in [7, 11) is 0. The predicted molar refractivity (Wildman–Crippen MR) is 124 cm³/mol. The van der Waals surface area contributed by atoms with Crippen LogP contribution < -0.4 is 5.56 Å². The van der Waals surface area contributed by atoms with Crippen molar-refractivity contribution < 1.29 is 0 Å². The van der Waals surface area contributed by atoms with Gasteiger partial charge in [0, 0.05) is 17.3 Å². The van der Waals surface area contributed by atoms with Crippen LogP contribution in [0.4, 0.5) is 0 Å². The molecule has 0 amide bonds. The van der Waals surface area contributed by atoms with Crippen molar-refractivity contribution in [1.29, 1.82) is 0 Å². The molecule has 3 nitrogen and oxygen atoms in total. The molecule has 4 aromatic rings. The summed E-state index contributed by atoms with van der Waals surface area (Å²) in [5.41, 5.74) is 6.65. The first-order valence-corrected chi connectivity index (χ1v) is 10.4. The molecule has 0 fully saturated rings. The summed E-state index contributed by atoms with van der Waals surface area (Å²) >= 11 is 0. The number of aryl methyl sites for hydroxylation is 2. The quantitative estimate of drug-likeness (QED) is 0.435. The van der Waals surface area contributed by atoms with E-state index in [2.05, 4.69) is 72.3 Å². The largest absolute Gasteiger partial charge is 0.307 e. The van der Waals surface area contributed by atoms with Crippen molar-refractivity contribution in [3.8, 4) is 22.5 Å². The van der Waals surface area contributed by atoms with Crippen molar-refractivity contribution in [1.82, 2.24) is 9.97 Å². The summed E-state index contributed by atoms with van der Waals surface area (Å²) in [6, 6.07) is 28.8. The summed E-state index contributed by atoms with van der Waals surface area (Å²) < 4.78 is 0. The first kappa shape index (κ1) is 19.8. The Kier molecular flexibility index (Phi) is 5.89. The van der Waals surface area contributed by atoms with Gasteiger partial charge in [0.25, 0.3) is 5.56 Å². The van der Waals surface area contributed by atoms with Gasteiger partial charge in [-0.25, -0.2) is 4.98 Å². The van der Waals surface area contributed by atoms with E-state index in [9.17, 15) is 4.79 Å². The average molecular weight is 395 g/mol. The van der Waals surface area contributed by atoms with E-state index < -0.39 is 0 Å². The van der Waals surface area contributed by atoms with E-state index in [1.807, 2.05) is 30.3 Å². The highest BCUT2D eigenvalue weighted by atomic mass is 16.1. The highest BCUT2D eigenvalue weighted by molar-refractivity contribution is 5.64. The van der Waals surface area contributed by atoms with E-state index in [-0.39, 0.29) is 5.56 Å². The second-order valence-electron chi connectivity index (χ2n) is 7.93. The summed E-state index contributed by atoms with van der Waals surface area (Å²) in [6.45, 7) is 4.42. The Morgan fingerprint density at radius 1 is 0.767 bits per heavy atom. The summed E-state index contributed by atoms with van der Waals surface area (Å²) in [4.78, 5) is 19.6. The SMILES string of the molecule is CC(C)c1ccc(-c2cccc(CCc3cc(=O)[nH]c(-c4ccccc4)n3)c2)cc1. The molecule has 0 aliphatic carbocycles. The molecule has 0 spiro atoms. The molecule has 0 saturated carbocycles. The van der Waals surface area contributed by atoms with Gasteiger partial charge in [0.05, 0.1) is 0 Å². The second-order valence-corrected chi connectivity index (χ2v) is 7.93. The molecular formula is C27H26N2O. The molecule has 1 aromatic heterocycles. The maximum absolute atomic E-state index is 12.1. The van der Waals surface area contributed by atoms with Gasteiger partial charge < -0.3 is 4.98 Å². The first-order chi connectivity index (χ1) is 14.6. The topological polar surface area (TPSA) is 45.8 Å². The molecule has 3 heteroatoms. The Balaban J connectivity index is 1.51. The lowest BCUT2D eigenvalue weighted by Gasteiger charge is -2.09. The van der Waals surface area contributed by atoms with Gasteiger partial charge >= 0.3 is 0 Å². The summed E-state index contributed by atoms with van der Waals surface area (Å²) in [5.74, 6) is 1.16. The number of rotatable bonds is 6. The molecule has 0 unspecified atom stereocenters. The van der Waals surface area contributed by atoms with Crippen LogP contribution in [0.1, 0.15) is 36.6 Å². The van der Waals surface area contributed by atoms with Crippen LogP contribution in [0.3, 0.4) is 0 Å². The third-order valence-electron chi connectivity index (χ3n) is 5.35. The molecule has 0 radical (unpaired) electrons. The zero-order valence-electron chi connectivity index (χ0n) is 17.4. The molecule has 30 heavy (non-hydrogen) atoms. The van der Waals surface area contributed by atoms with Gasteiger partial charge in [0.1, 0.15) is 5.82 Å². The normalized spacial score (nSPS) is 11.0. The van der Waals surface area contributed by atoms with Crippen LogP contribution in [-0.4, -0.2) is 9.97 Å². The van der Waals surface area contributed by atoms with Gasteiger partial charge in [-0.15, -0.1) is 0 Å². The number of nitrogens with one attached hydrogen (secondary N) is 1. The molecule has 4 rings (SSSR count). The van der Waals surface area contributed by atoms with E-state index in [0.29, 0.717) is 11.7 Å². The maximum atomic E-state index is 12.1. The lowest BCUT2D eigenvalue weighted by atomic mass is 9.97. The van der Waals surface area contributed by atoms with Gasteiger partial charge in [-0.3, -0.25) is 4.79 Å². The molecule has 1 heterocycles. The standard InChI is InChI=1S/C27H26N2O/c1-19(2)21-12-14-22(15-13-21)24-10-6-7-20(17-24)11-16-25-18-26(30)29-27(28-25)23-8-4-3-5-9-23/h3-10,12-15,17-19H,11,16H2,1-2H3,(H,28,29,30). The lowest BCUT2D eigenvalue weighted by molar-refractivity contribution is 0.867. The van der Waals surface area contributed by atoms with Crippen LogP contribution >= 0.6 is 0 Å². The Hall–Kier alpha value is -3.46. The Labute approximate surface area is 177 Å². The molecular weight excluding hydrogens is 368 g/mol. The molecule has 3 aromatic carbocycles. The molecule has 0 aliphatic rings. The van der Waals surface area contributed by atoms with Crippen LogP contribution in [0, 0.1) is 0 Å². The first-order valence-electron chi connectivity index (χ1n) is 10.4. The fourth-order valence-corrected chi connectivity index (χ4v) is 3.61. The minimum atomic E-state index is -0.113. The number of H-pyrrole nitrogens is 1. The van der Waals surface area contributed by atoms with Crippen LogP contribution in [0.2, 0.25) is 0 Å². The van der Waals surface area contributed by atoms with E-state index in [0.717, 1.165) is 24.1 Å². The number of hydrogen-bond donors (Lipinski definition) is 1. The van der Waals surface area contributed by atoms with Gasteiger partial charge in [-0.2, -0.15) is 0 Å². The van der Waals surface area contributed by atoms with Crippen molar-refractivity contribution in [2.24, 2.45) is 0 Å². The van der Waals surface area contributed by atoms with Crippen molar-refractivity contribution in [2.45, 2.75) is 32.6 Å². The summed E-state index contributed by atoms with van der Waals surface area (Å²) in [5, 5.41) is 0. The Morgan fingerprint density at radius 2 is 1.50 bits per heavy atom. The number of nitrogens with zero attached hydrogens (tertiary/aromatic N) is 1. The Bertz CT molecular complexity index is 1180. The number of aromatic nitrogens is 2. The second kappa shape index (κ2) is 8.91. The molecule has 0 atom stereocenters. The monoisotopic (exact) mass is 394 g/mol. The minimum Gasteiger partial charge on any atom is -0.307 e. The van der Waals surface area contributed by atoms with Gasteiger partial charge in [0.2, 0.25) is 0 Å². The molecule has 0 bridgehead atoms. The lowest BCUT2D eigenvalue weighted by Crippen LogP contribution is -2.11. The Morgan fingerprint density at radius 3 is 2.23 bits per heavy atom. The number of hydrogen-bond acceptors (Lipinski definition) is 2. The van der Waals surface area contributed by atoms with Crippen LogP contribution in [0.15, 0.2) is 89.7 Å². The fraction of sp³-hybridized carbons (Fsp3) is 0.185. The highest BCUT2D eigenvalue weighted by Gasteiger charge is 2.06. The van der Waals surface area contributed by atoms with E-state index in [4.69, 9.17) is 0 Å². The van der Waals surface area contributed by atoms with Crippen molar-refractivity contribution in [3.63, 3.8) is 0 Å². The molecule has 150 valence electrons. The van der Waals surface area contributed by atoms with Gasteiger partial charge in [-0.05, 0) is 41.0 Å². The van der Waals surface area contributed by atoms with Gasteiger partial charge in [-0.1, -0.05) is 92.7 Å². The van der Waals surface area contributed by atoms with E-state index in [1.54, 1.807) is 6.07 Å². The van der Waals surface area contributed by atoms with Crippen LogP contribution in [0.5, 0.6) is 0 Å². The third kappa shape index (κ3) is 4.74. The van der Waals surface area contributed by atoms with Crippen molar-refractivity contribution in [2.75, 3.05) is 0 Å². The van der Waals surface area contributed by atoms with Gasteiger partial charge in [0.15, 0.2) is 0 Å². The van der Waals surface area contributed by atoms with E-state index in [1.165, 1.54) is 22.3 Å². The van der Waals surface area contributed by atoms with E-state index >= 15 is 0 Å². The molecule has 1 N–H and O–H groups in total. The van der Waals surface area contributed by atoms with Crippen molar-refractivity contribution >= 4 is 0 Å². The third-order valence-corrected chi connectivity index (χ3v) is 5.35. The fourth-order valence-electron chi connectivity index (χ4n) is 3.61. The highest BCUT2D eigenvalue weighted by Crippen LogP contribution is 2.24. The molecule has 0 saturated heterocycles. The maximum Gasteiger partial charge on any atom is 0.251 e. The zero-order valence-corrected chi connectivity index (χ0v) is 17.4. The smallest absolute Gasteiger partial charge is 0.251 e. The number of aromatic amines is 1. The van der Waals surface area contributed by atoms with Crippen LogP contribution in [-0.2, 0) is 12.8 Å². The average Bonchev–Trinajstić information content (AvgIpc) is 2.78. The van der Waals surface area contributed by atoms with Crippen LogP contribution in [0.25, 0.3) is 22.5 Å². The molecule has 0 aliphatic heterocycles. The number of benzene rings is 3.